The maximum absolute atomic E-state index is 12.4. The number of hydrogen-bond donors (Lipinski definition) is 2. The van der Waals surface area contributed by atoms with Crippen molar-refractivity contribution in [3.63, 3.8) is 0 Å². The first-order chi connectivity index (χ1) is 8.47. The van der Waals surface area contributed by atoms with E-state index in [0.717, 1.165) is 19.3 Å². The zero-order valence-corrected chi connectivity index (χ0v) is 11.5. The van der Waals surface area contributed by atoms with E-state index in [2.05, 4.69) is 5.32 Å². The zero-order chi connectivity index (χ0) is 13.7. The van der Waals surface area contributed by atoms with Crippen LogP contribution in [-0.4, -0.2) is 47.1 Å². The zero-order valence-electron chi connectivity index (χ0n) is 11.5. The molecule has 0 spiro atoms. The van der Waals surface area contributed by atoms with Gasteiger partial charge in [-0.05, 0) is 25.2 Å². The summed E-state index contributed by atoms with van der Waals surface area (Å²) >= 11 is 0. The Labute approximate surface area is 109 Å². The molecule has 5 nitrogen and oxygen atoms in total. The molecule has 2 amide bonds. The molecule has 2 unspecified atom stereocenters. The lowest BCUT2D eigenvalue weighted by molar-refractivity contribution is -0.141. The van der Waals surface area contributed by atoms with Crippen molar-refractivity contribution in [3.8, 4) is 0 Å². The summed E-state index contributed by atoms with van der Waals surface area (Å²) in [5.74, 6) is -0.221. The third-order valence-corrected chi connectivity index (χ3v) is 3.41. The molecule has 5 heteroatoms. The van der Waals surface area contributed by atoms with E-state index in [4.69, 9.17) is 0 Å². The van der Waals surface area contributed by atoms with Crippen LogP contribution in [0.4, 0.5) is 0 Å². The van der Waals surface area contributed by atoms with Crippen molar-refractivity contribution in [1.29, 1.82) is 0 Å². The summed E-state index contributed by atoms with van der Waals surface area (Å²) in [6.45, 7) is 5.92. The van der Waals surface area contributed by atoms with Crippen LogP contribution in [-0.2, 0) is 9.59 Å². The number of hydrogen-bond acceptors (Lipinski definition) is 3. The smallest absolute Gasteiger partial charge is 0.245 e. The summed E-state index contributed by atoms with van der Waals surface area (Å²) in [7, 11) is 0. The van der Waals surface area contributed by atoms with E-state index < -0.39 is 6.04 Å². The maximum atomic E-state index is 12.4. The summed E-state index contributed by atoms with van der Waals surface area (Å²) in [6, 6.07) is -0.587. The van der Waals surface area contributed by atoms with Crippen LogP contribution >= 0.6 is 0 Å². The quantitative estimate of drug-likeness (QED) is 0.770. The average molecular weight is 256 g/mol. The summed E-state index contributed by atoms with van der Waals surface area (Å²) in [5.41, 5.74) is 0. The summed E-state index contributed by atoms with van der Waals surface area (Å²) in [6.07, 6.45) is 2.85. The molecule has 1 saturated heterocycles. The van der Waals surface area contributed by atoms with Gasteiger partial charge in [-0.1, -0.05) is 13.8 Å². The Morgan fingerprint density at radius 1 is 1.39 bits per heavy atom. The molecule has 0 radical (unpaired) electrons. The van der Waals surface area contributed by atoms with E-state index in [1.54, 1.807) is 4.90 Å². The molecule has 0 saturated carbocycles. The highest BCUT2D eigenvalue weighted by Crippen LogP contribution is 2.19. The van der Waals surface area contributed by atoms with Crippen LogP contribution in [0.15, 0.2) is 0 Å². The van der Waals surface area contributed by atoms with Crippen LogP contribution in [0, 0.1) is 5.92 Å². The molecule has 2 atom stereocenters. The first-order valence-electron chi connectivity index (χ1n) is 6.65. The first kappa shape index (κ1) is 15.0. The fraction of sp³-hybridized carbons (Fsp3) is 0.846. The molecule has 0 aromatic heterocycles. The predicted molar refractivity (Wildman–Crippen MR) is 68.9 cm³/mol. The van der Waals surface area contributed by atoms with E-state index in [9.17, 15) is 14.7 Å². The van der Waals surface area contributed by atoms with Crippen LogP contribution in [0.3, 0.4) is 0 Å². The van der Waals surface area contributed by atoms with Crippen LogP contribution in [0.1, 0.15) is 40.0 Å². The van der Waals surface area contributed by atoms with Gasteiger partial charge in [0.05, 0.1) is 12.6 Å². The SMILES string of the molecule is CC(=O)NC(C(=O)N1CCCCC1CO)C(C)C. The standard InChI is InChI=1S/C13H24N2O3/c1-9(2)12(14-10(3)17)13(18)15-7-5-4-6-11(15)8-16/h9,11-12,16H,4-8H2,1-3H3,(H,14,17). The highest BCUT2D eigenvalue weighted by molar-refractivity contribution is 5.87. The van der Waals surface area contributed by atoms with Crippen LogP contribution in [0.25, 0.3) is 0 Å². The van der Waals surface area contributed by atoms with Crippen molar-refractivity contribution in [1.82, 2.24) is 10.2 Å². The maximum Gasteiger partial charge on any atom is 0.245 e. The minimum Gasteiger partial charge on any atom is -0.394 e. The third-order valence-electron chi connectivity index (χ3n) is 3.41. The monoisotopic (exact) mass is 256 g/mol. The number of piperidine rings is 1. The number of amides is 2. The van der Waals surface area contributed by atoms with Gasteiger partial charge in [0.2, 0.25) is 11.8 Å². The Morgan fingerprint density at radius 2 is 2.06 bits per heavy atom. The lowest BCUT2D eigenvalue weighted by Crippen LogP contribution is -2.55. The molecule has 1 aliphatic heterocycles. The molecule has 1 heterocycles. The Kier molecular flexibility index (Phi) is 5.59. The van der Waals surface area contributed by atoms with Gasteiger partial charge in [-0.2, -0.15) is 0 Å². The van der Waals surface area contributed by atoms with Crippen molar-refractivity contribution >= 4 is 11.8 Å². The number of nitrogens with one attached hydrogen (secondary N) is 1. The largest absolute Gasteiger partial charge is 0.394 e. The summed E-state index contributed by atoms with van der Waals surface area (Å²) in [5, 5.41) is 12.0. The fourth-order valence-electron chi connectivity index (χ4n) is 2.39. The van der Waals surface area contributed by atoms with Gasteiger partial charge in [0.1, 0.15) is 6.04 Å². The number of rotatable bonds is 4. The molecular formula is C13H24N2O3. The number of likely N-dealkylation sites (tertiary alicyclic amines) is 1. The molecule has 1 rings (SSSR count). The van der Waals surface area contributed by atoms with Crippen LogP contribution in [0.5, 0.6) is 0 Å². The van der Waals surface area contributed by atoms with E-state index in [-0.39, 0.29) is 30.4 Å². The van der Waals surface area contributed by atoms with Gasteiger partial charge in [-0.25, -0.2) is 0 Å². The van der Waals surface area contributed by atoms with Crippen LogP contribution in [0.2, 0.25) is 0 Å². The molecule has 18 heavy (non-hydrogen) atoms. The third kappa shape index (κ3) is 3.70. The van der Waals surface area contributed by atoms with Crippen molar-refractivity contribution in [2.75, 3.05) is 13.2 Å². The molecular weight excluding hydrogens is 232 g/mol. The Bertz CT molecular complexity index is 305. The lowest BCUT2D eigenvalue weighted by Gasteiger charge is -2.37. The molecule has 104 valence electrons. The lowest BCUT2D eigenvalue weighted by atomic mass is 9.97. The van der Waals surface area contributed by atoms with Crippen LogP contribution < -0.4 is 5.32 Å². The molecule has 0 aromatic rings. The van der Waals surface area contributed by atoms with Gasteiger partial charge in [0.25, 0.3) is 0 Å². The molecule has 0 aromatic carbocycles. The highest BCUT2D eigenvalue weighted by Gasteiger charge is 2.33. The van der Waals surface area contributed by atoms with Gasteiger partial charge >= 0.3 is 0 Å². The normalized spacial score (nSPS) is 21.8. The van der Waals surface area contributed by atoms with Crippen molar-refractivity contribution < 1.29 is 14.7 Å². The van der Waals surface area contributed by atoms with Gasteiger partial charge in [0.15, 0.2) is 0 Å². The second-order valence-electron chi connectivity index (χ2n) is 5.29. The second-order valence-corrected chi connectivity index (χ2v) is 5.29. The fourth-order valence-corrected chi connectivity index (χ4v) is 2.39. The number of aliphatic hydroxyl groups excluding tert-OH is 1. The Hall–Kier alpha value is -1.10. The molecule has 1 fully saturated rings. The minimum absolute atomic E-state index is 0.00335. The van der Waals surface area contributed by atoms with Crippen molar-refractivity contribution in [3.05, 3.63) is 0 Å². The van der Waals surface area contributed by atoms with Gasteiger partial charge in [0, 0.05) is 13.5 Å². The number of aliphatic hydroxyl groups is 1. The summed E-state index contributed by atoms with van der Waals surface area (Å²) in [4.78, 5) is 25.3. The first-order valence-corrected chi connectivity index (χ1v) is 6.65. The second kappa shape index (κ2) is 6.73. The van der Waals surface area contributed by atoms with E-state index in [0.29, 0.717) is 6.54 Å². The number of carbonyl (C=O) groups excluding carboxylic acids is 2. The van der Waals surface area contributed by atoms with E-state index in [1.165, 1.54) is 6.92 Å². The molecule has 0 aliphatic carbocycles. The Morgan fingerprint density at radius 3 is 2.56 bits per heavy atom. The number of nitrogens with zero attached hydrogens (tertiary/aromatic N) is 1. The van der Waals surface area contributed by atoms with Crippen molar-refractivity contribution in [2.24, 2.45) is 5.92 Å². The highest BCUT2D eigenvalue weighted by atomic mass is 16.3. The summed E-state index contributed by atoms with van der Waals surface area (Å²) < 4.78 is 0. The average Bonchev–Trinajstić information content (AvgIpc) is 2.34. The van der Waals surface area contributed by atoms with Gasteiger partial charge in [-0.15, -0.1) is 0 Å². The topological polar surface area (TPSA) is 69.6 Å². The van der Waals surface area contributed by atoms with E-state index >= 15 is 0 Å². The molecule has 0 bridgehead atoms. The minimum atomic E-state index is -0.491. The molecule has 2 N–H and O–H groups in total. The van der Waals surface area contributed by atoms with Gasteiger partial charge < -0.3 is 15.3 Å². The van der Waals surface area contributed by atoms with Gasteiger partial charge in [-0.3, -0.25) is 9.59 Å². The Balaban J connectivity index is 2.77. The van der Waals surface area contributed by atoms with Crippen molar-refractivity contribution in [2.45, 2.75) is 52.1 Å². The number of carbonyl (C=O) groups is 2. The molecule has 1 aliphatic rings. The van der Waals surface area contributed by atoms with E-state index in [1.807, 2.05) is 13.8 Å². The predicted octanol–water partition coefficient (Wildman–Crippen LogP) is 0.520.